The molecule has 0 spiro atoms. The van der Waals surface area contributed by atoms with Crippen molar-refractivity contribution in [2.45, 2.75) is 39.1 Å². The lowest BCUT2D eigenvalue weighted by atomic mass is 10.2. The highest BCUT2D eigenvalue weighted by Gasteiger charge is 2.30. The topological polar surface area (TPSA) is 99.4 Å². The summed E-state index contributed by atoms with van der Waals surface area (Å²) in [5.41, 5.74) is 0.945. The van der Waals surface area contributed by atoms with Gasteiger partial charge in [0.1, 0.15) is 6.33 Å². The van der Waals surface area contributed by atoms with Crippen molar-refractivity contribution in [3.8, 4) is 5.69 Å². The first-order valence-corrected chi connectivity index (χ1v) is 8.42. The summed E-state index contributed by atoms with van der Waals surface area (Å²) in [6.45, 7) is 6.38. The van der Waals surface area contributed by atoms with Gasteiger partial charge in [-0.2, -0.15) is 0 Å². The van der Waals surface area contributed by atoms with Crippen molar-refractivity contribution in [1.29, 1.82) is 0 Å². The van der Waals surface area contributed by atoms with Crippen molar-refractivity contribution in [3.63, 3.8) is 0 Å². The molecule has 0 aliphatic carbocycles. The number of benzene rings is 1. The fraction of sp³-hybridized carbons (Fsp3) is 0.471. The number of amides is 1. The lowest BCUT2D eigenvalue weighted by molar-refractivity contribution is -0.151. The Bertz CT molecular complexity index is 769. The molecule has 1 aliphatic heterocycles. The molecule has 0 radical (unpaired) electrons. The molecule has 0 bridgehead atoms. The van der Waals surface area contributed by atoms with Crippen LogP contribution in [0.1, 0.15) is 31.1 Å². The molecule has 26 heavy (non-hydrogen) atoms. The number of tetrazole rings is 1. The monoisotopic (exact) mass is 359 g/mol. The van der Waals surface area contributed by atoms with Gasteiger partial charge in [0.2, 0.25) is 0 Å². The quantitative estimate of drug-likeness (QED) is 0.746. The first-order chi connectivity index (χ1) is 12.4. The second kappa shape index (κ2) is 7.61. The Labute approximate surface area is 150 Å². The molecule has 0 saturated carbocycles. The molecule has 2 heterocycles. The van der Waals surface area contributed by atoms with E-state index in [1.165, 1.54) is 11.0 Å². The van der Waals surface area contributed by atoms with Crippen LogP contribution in [0.5, 0.6) is 0 Å². The summed E-state index contributed by atoms with van der Waals surface area (Å²) in [7, 11) is 0. The number of nitrogens with zero attached hydrogens (tertiary/aromatic N) is 5. The molecule has 3 atom stereocenters. The molecule has 2 aromatic rings. The second-order valence-electron chi connectivity index (χ2n) is 6.35. The van der Waals surface area contributed by atoms with Gasteiger partial charge in [-0.25, -0.2) is 9.48 Å². The number of aromatic nitrogens is 4. The highest BCUT2D eigenvalue weighted by Crippen LogP contribution is 2.15. The molecule has 1 aliphatic rings. The number of carbonyl (C=O) groups excluding carboxylic acids is 2. The van der Waals surface area contributed by atoms with Crippen molar-refractivity contribution in [2.24, 2.45) is 0 Å². The van der Waals surface area contributed by atoms with E-state index < -0.39 is 12.1 Å². The number of esters is 1. The fourth-order valence-electron chi connectivity index (χ4n) is 2.95. The SMILES string of the molecule is CC1CN(C(=O)C(C)OC(=O)c2cccc(-n3cnnn3)c2)CC(C)O1. The van der Waals surface area contributed by atoms with E-state index in [0.29, 0.717) is 24.3 Å². The minimum Gasteiger partial charge on any atom is -0.449 e. The molecule has 3 unspecified atom stereocenters. The van der Waals surface area contributed by atoms with Gasteiger partial charge in [0.05, 0.1) is 23.5 Å². The van der Waals surface area contributed by atoms with Crippen LogP contribution in [-0.2, 0) is 14.3 Å². The van der Waals surface area contributed by atoms with Gasteiger partial charge in [-0.3, -0.25) is 4.79 Å². The average molecular weight is 359 g/mol. The van der Waals surface area contributed by atoms with E-state index in [0.717, 1.165) is 0 Å². The zero-order chi connectivity index (χ0) is 18.7. The van der Waals surface area contributed by atoms with Crippen LogP contribution in [0.25, 0.3) is 5.69 Å². The van der Waals surface area contributed by atoms with Gasteiger partial charge < -0.3 is 14.4 Å². The minimum atomic E-state index is -0.878. The molecule has 1 amide bonds. The molecular formula is C17H21N5O4. The Morgan fingerprint density at radius 1 is 1.27 bits per heavy atom. The largest absolute Gasteiger partial charge is 0.449 e. The Hall–Kier alpha value is -2.81. The summed E-state index contributed by atoms with van der Waals surface area (Å²) in [4.78, 5) is 26.7. The molecule has 138 valence electrons. The maximum Gasteiger partial charge on any atom is 0.338 e. The van der Waals surface area contributed by atoms with E-state index in [9.17, 15) is 9.59 Å². The maximum atomic E-state index is 12.6. The zero-order valence-electron chi connectivity index (χ0n) is 14.9. The molecule has 1 saturated heterocycles. The third kappa shape index (κ3) is 4.05. The number of hydrogen-bond acceptors (Lipinski definition) is 7. The first-order valence-electron chi connectivity index (χ1n) is 8.42. The van der Waals surface area contributed by atoms with Crippen molar-refractivity contribution in [3.05, 3.63) is 36.2 Å². The highest BCUT2D eigenvalue weighted by atomic mass is 16.5. The number of morpholine rings is 1. The molecule has 1 aromatic carbocycles. The number of hydrogen-bond donors (Lipinski definition) is 0. The summed E-state index contributed by atoms with van der Waals surface area (Å²) in [5, 5.41) is 10.9. The lowest BCUT2D eigenvalue weighted by Crippen LogP contribution is -2.51. The smallest absolute Gasteiger partial charge is 0.338 e. The molecule has 1 aromatic heterocycles. The van der Waals surface area contributed by atoms with Crippen molar-refractivity contribution >= 4 is 11.9 Å². The van der Waals surface area contributed by atoms with Gasteiger partial charge in [-0.15, -0.1) is 5.10 Å². The molecule has 9 heteroatoms. The van der Waals surface area contributed by atoms with Gasteiger partial charge in [0.25, 0.3) is 5.91 Å². The van der Waals surface area contributed by atoms with Crippen molar-refractivity contribution < 1.29 is 19.1 Å². The number of ether oxygens (including phenoxy) is 2. The van der Waals surface area contributed by atoms with Gasteiger partial charge >= 0.3 is 5.97 Å². The Morgan fingerprint density at radius 3 is 2.65 bits per heavy atom. The van der Waals surface area contributed by atoms with Crippen LogP contribution in [0.2, 0.25) is 0 Å². The Balaban J connectivity index is 1.66. The van der Waals surface area contributed by atoms with E-state index in [1.54, 1.807) is 36.1 Å². The standard InChI is InChI=1S/C17H21N5O4/c1-11-8-21(9-12(2)25-11)16(23)13(3)26-17(24)14-5-4-6-15(7-14)22-10-18-19-20-22/h4-7,10-13H,8-9H2,1-3H3. The van der Waals surface area contributed by atoms with E-state index in [2.05, 4.69) is 15.5 Å². The second-order valence-corrected chi connectivity index (χ2v) is 6.35. The van der Waals surface area contributed by atoms with Crippen LogP contribution in [0.3, 0.4) is 0 Å². The highest BCUT2D eigenvalue weighted by molar-refractivity contribution is 5.92. The fourth-order valence-corrected chi connectivity index (χ4v) is 2.95. The van der Waals surface area contributed by atoms with E-state index in [1.807, 2.05) is 13.8 Å². The molecule has 0 N–H and O–H groups in total. The van der Waals surface area contributed by atoms with Gasteiger partial charge in [0.15, 0.2) is 6.10 Å². The van der Waals surface area contributed by atoms with Crippen molar-refractivity contribution in [2.75, 3.05) is 13.1 Å². The van der Waals surface area contributed by atoms with Crippen LogP contribution >= 0.6 is 0 Å². The zero-order valence-corrected chi connectivity index (χ0v) is 14.9. The van der Waals surface area contributed by atoms with Crippen LogP contribution < -0.4 is 0 Å². The van der Waals surface area contributed by atoms with Crippen LogP contribution in [0.15, 0.2) is 30.6 Å². The normalized spacial score (nSPS) is 21.3. The van der Waals surface area contributed by atoms with E-state index in [4.69, 9.17) is 9.47 Å². The number of carbonyl (C=O) groups is 2. The summed E-state index contributed by atoms with van der Waals surface area (Å²) in [6.07, 6.45) is 0.464. The predicted molar refractivity (Wildman–Crippen MR) is 90.6 cm³/mol. The van der Waals surface area contributed by atoms with Crippen LogP contribution in [-0.4, -0.2) is 68.4 Å². The third-order valence-electron chi connectivity index (χ3n) is 4.06. The molecule has 1 fully saturated rings. The lowest BCUT2D eigenvalue weighted by Gasteiger charge is -2.36. The summed E-state index contributed by atoms with van der Waals surface area (Å²) in [6, 6.07) is 6.69. The van der Waals surface area contributed by atoms with Gasteiger partial charge in [-0.05, 0) is 49.4 Å². The van der Waals surface area contributed by atoms with Gasteiger partial charge in [-0.1, -0.05) is 6.07 Å². The van der Waals surface area contributed by atoms with Crippen molar-refractivity contribution in [1.82, 2.24) is 25.1 Å². The number of rotatable bonds is 4. The molecule has 3 rings (SSSR count). The summed E-state index contributed by atoms with van der Waals surface area (Å²) >= 11 is 0. The summed E-state index contributed by atoms with van der Waals surface area (Å²) < 4.78 is 12.4. The van der Waals surface area contributed by atoms with Crippen LogP contribution in [0.4, 0.5) is 0 Å². The average Bonchev–Trinajstić information content (AvgIpc) is 3.15. The van der Waals surface area contributed by atoms with Gasteiger partial charge in [0, 0.05) is 13.1 Å². The Morgan fingerprint density at radius 2 is 2.00 bits per heavy atom. The van der Waals surface area contributed by atoms with Crippen LogP contribution in [0, 0.1) is 0 Å². The maximum absolute atomic E-state index is 12.6. The van der Waals surface area contributed by atoms with E-state index >= 15 is 0 Å². The predicted octanol–water partition coefficient (Wildman–Crippen LogP) is 0.843. The Kier molecular flexibility index (Phi) is 5.27. The summed E-state index contributed by atoms with van der Waals surface area (Å²) in [5.74, 6) is -0.799. The molecular weight excluding hydrogens is 338 g/mol. The first kappa shape index (κ1) is 18.0. The molecule has 9 nitrogen and oxygen atoms in total. The third-order valence-corrected chi connectivity index (χ3v) is 4.06. The minimum absolute atomic E-state index is 0.0430. The van der Waals surface area contributed by atoms with E-state index in [-0.39, 0.29) is 18.1 Å².